The number of nitrogens with one attached hydrogen (secondary N) is 1. The number of amides is 1. The Kier molecular flexibility index (Phi) is 5.54. The minimum atomic E-state index is -0.800. The van der Waals surface area contributed by atoms with Gasteiger partial charge in [-0.2, -0.15) is 5.10 Å². The number of likely N-dealkylation sites (N-methyl/N-ethyl adjacent to an activating group) is 1. The summed E-state index contributed by atoms with van der Waals surface area (Å²) >= 11 is 0. The molecular weight excluding hydrogens is 284 g/mol. The highest BCUT2D eigenvalue weighted by atomic mass is 16.4. The van der Waals surface area contributed by atoms with E-state index in [-0.39, 0.29) is 24.5 Å². The van der Waals surface area contributed by atoms with Gasteiger partial charge in [-0.05, 0) is 31.4 Å². The maximum Gasteiger partial charge on any atom is 0.317 e. The molecule has 1 aromatic rings. The number of hydrogen-bond acceptors (Lipinski definition) is 4. The standard InChI is InChI=1S/C15H24N4O3/c1-3-19(10-15(21)22)13-6-12(7-13)17-14(20)5-4-11-8-16-18(2)9-11/h8-9,12-13H,3-7,10H2,1-2H3,(H,17,20)(H,21,22). The fraction of sp³-hybridized carbons (Fsp3) is 0.667. The van der Waals surface area contributed by atoms with Crippen LogP contribution in [0.15, 0.2) is 12.4 Å². The van der Waals surface area contributed by atoms with Crippen molar-refractivity contribution in [2.75, 3.05) is 13.1 Å². The minimum absolute atomic E-state index is 0.0496. The predicted molar refractivity (Wildman–Crippen MR) is 81.4 cm³/mol. The van der Waals surface area contributed by atoms with E-state index < -0.39 is 5.97 Å². The van der Waals surface area contributed by atoms with Gasteiger partial charge in [0.05, 0.1) is 12.7 Å². The lowest BCUT2D eigenvalue weighted by Gasteiger charge is -2.42. The second kappa shape index (κ2) is 7.40. The smallest absolute Gasteiger partial charge is 0.317 e. The van der Waals surface area contributed by atoms with E-state index in [9.17, 15) is 9.59 Å². The number of carboxylic acids is 1. The van der Waals surface area contributed by atoms with Gasteiger partial charge in [0.2, 0.25) is 5.91 Å². The lowest BCUT2D eigenvalue weighted by molar-refractivity contribution is -0.139. The predicted octanol–water partition coefficient (Wildman–Crippen LogP) is 0.406. The fourth-order valence-corrected chi connectivity index (χ4v) is 2.84. The molecule has 2 N–H and O–H groups in total. The zero-order valence-electron chi connectivity index (χ0n) is 13.2. The first-order valence-corrected chi connectivity index (χ1v) is 7.70. The van der Waals surface area contributed by atoms with Crippen LogP contribution in [-0.4, -0.2) is 56.8 Å². The molecule has 0 bridgehead atoms. The maximum absolute atomic E-state index is 11.9. The summed E-state index contributed by atoms with van der Waals surface area (Å²) in [7, 11) is 1.86. The summed E-state index contributed by atoms with van der Waals surface area (Å²) in [6.07, 6.45) is 6.50. The number of aryl methyl sites for hydroxylation is 2. The van der Waals surface area contributed by atoms with E-state index in [1.807, 2.05) is 25.1 Å². The Balaban J connectivity index is 1.66. The molecule has 1 heterocycles. The van der Waals surface area contributed by atoms with E-state index in [1.54, 1.807) is 10.9 Å². The van der Waals surface area contributed by atoms with E-state index in [0.29, 0.717) is 12.8 Å². The Morgan fingerprint density at radius 2 is 2.23 bits per heavy atom. The van der Waals surface area contributed by atoms with Gasteiger partial charge < -0.3 is 10.4 Å². The molecule has 1 aliphatic carbocycles. The molecule has 0 aromatic carbocycles. The number of aromatic nitrogens is 2. The second-order valence-electron chi connectivity index (χ2n) is 5.87. The monoisotopic (exact) mass is 308 g/mol. The molecule has 22 heavy (non-hydrogen) atoms. The van der Waals surface area contributed by atoms with Crippen molar-refractivity contribution in [1.29, 1.82) is 0 Å². The Morgan fingerprint density at radius 1 is 1.50 bits per heavy atom. The normalized spacial score (nSPS) is 20.7. The molecule has 0 radical (unpaired) electrons. The van der Waals surface area contributed by atoms with Crippen LogP contribution >= 0.6 is 0 Å². The summed E-state index contributed by atoms with van der Waals surface area (Å²) in [6.45, 7) is 2.75. The van der Waals surface area contributed by atoms with E-state index in [4.69, 9.17) is 5.11 Å². The van der Waals surface area contributed by atoms with Gasteiger partial charge in [0.25, 0.3) is 0 Å². The van der Waals surface area contributed by atoms with E-state index in [1.165, 1.54) is 0 Å². The first-order chi connectivity index (χ1) is 10.5. The van der Waals surface area contributed by atoms with Gasteiger partial charge in [-0.1, -0.05) is 6.92 Å². The number of aliphatic carboxylic acids is 1. The molecule has 1 aliphatic rings. The fourth-order valence-electron chi connectivity index (χ4n) is 2.84. The van der Waals surface area contributed by atoms with Crippen LogP contribution in [0.4, 0.5) is 0 Å². The number of carbonyl (C=O) groups excluding carboxylic acids is 1. The van der Waals surface area contributed by atoms with Crippen LogP contribution in [0.25, 0.3) is 0 Å². The van der Waals surface area contributed by atoms with Crippen LogP contribution < -0.4 is 5.32 Å². The molecule has 0 atom stereocenters. The van der Waals surface area contributed by atoms with Crippen LogP contribution in [0.2, 0.25) is 0 Å². The van der Waals surface area contributed by atoms with Crippen LogP contribution in [0.3, 0.4) is 0 Å². The quantitative estimate of drug-likeness (QED) is 0.726. The van der Waals surface area contributed by atoms with Crippen molar-refractivity contribution >= 4 is 11.9 Å². The molecular formula is C15H24N4O3. The first kappa shape index (κ1) is 16.5. The molecule has 0 spiro atoms. The third-order valence-electron chi connectivity index (χ3n) is 4.14. The number of carbonyl (C=O) groups is 2. The minimum Gasteiger partial charge on any atom is -0.480 e. The highest BCUT2D eigenvalue weighted by molar-refractivity contribution is 5.76. The number of nitrogens with zero attached hydrogens (tertiary/aromatic N) is 3. The third kappa shape index (κ3) is 4.56. The highest BCUT2D eigenvalue weighted by Crippen LogP contribution is 2.25. The number of hydrogen-bond donors (Lipinski definition) is 2. The topological polar surface area (TPSA) is 87.5 Å². The maximum atomic E-state index is 11.9. The molecule has 0 saturated heterocycles. The van der Waals surface area contributed by atoms with Gasteiger partial charge in [-0.25, -0.2) is 0 Å². The lowest BCUT2D eigenvalue weighted by Crippen LogP contribution is -2.54. The lowest BCUT2D eigenvalue weighted by atomic mass is 9.85. The Morgan fingerprint density at radius 3 is 2.77 bits per heavy atom. The molecule has 1 saturated carbocycles. The summed E-state index contributed by atoms with van der Waals surface area (Å²) in [5, 5.41) is 15.9. The largest absolute Gasteiger partial charge is 0.480 e. The van der Waals surface area contributed by atoms with Crippen molar-refractivity contribution < 1.29 is 14.7 Å². The summed E-state index contributed by atoms with van der Waals surface area (Å²) in [5.41, 5.74) is 1.06. The van der Waals surface area contributed by atoms with E-state index >= 15 is 0 Å². The van der Waals surface area contributed by atoms with E-state index in [2.05, 4.69) is 10.4 Å². The second-order valence-corrected chi connectivity index (χ2v) is 5.87. The van der Waals surface area contributed by atoms with Crippen molar-refractivity contribution in [1.82, 2.24) is 20.0 Å². The van der Waals surface area contributed by atoms with Crippen molar-refractivity contribution in [3.8, 4) is 0 Å². The summed E-state index contributed by atoms with van der Waals surface area (Å²) in [6, 6.07) is 0.443. The molecule has 0 unspecified atom stereocenters. The summed E-state index contributed by atoms with van der Waals surface area (Å²) < 4.78 is 1.73. The average Bonchev–Trinajstić information content (AvgIpc) is 2.83. The first-order valence-electron chi connectivity index (χ1n) is 7.70. The summed E-state index contributed by atoms with van der Waals surface area (Å²) in [5.74, 6) is -0.751. The molecule has 2 rings (SSSR count). The molecule has 0 aliphatic heterocycles. The van der Waals surface area contributed by atoms with Gasteiger partial charge in [0.15, 0.2) is 0 Å². The van der Waals surface area contributed by atoms with Crippen molar-refractivity contribution in [3.63, 3.8) is 0 Å². The zero-order valence-corrected chi connectivity index (χ0v) is 13.2. The van der Waals surface area contributed by atoms with Gasteiger partial charge >= 0.3 is 5.97 Å². The van der Waals surface area contributed by atoms with Crippen LogP contribution in [0, 0.1) is 0 Å². The number of rotatable bonds is 8. The SMILES string of the molecule is CCN(CC(=O)O)C1CC(NC(=O)CCc2cnn(C)c2)C1. The van der Waals surface area contributed by atoms with Crippen molar-refractivity contribution in [3.05, 3.63) is 18.0 Å². The Labute approximate surface area is 130 Å². The van der Waals surface area contributed by atoms with E-state index in [0.717, 1.165) is 24.9 Å². The van der Waals surface area contributed by atoms with Crippen LogP contribution in [0.1, 0.15) is 31.7 Å². The highest BCUT2D eigenvalue weighted by Gasteiger charge is 2.34. The van der Waals surface area contributed by atoms with Crippen LogP contribution in [-0.2, 0) is 23.1 Å². The van der Waals surface area contributed by atoms with Crippen LogP contribution in [0.5, 0.6) is 0 Å². The van der Waals surface area contributed by atoms with Gasteiger partial charge in [0.1, 0.15) is 0 Å². The molecule has 122 valence electrons. The van der Waals surface area contributed by atoms with Gasteiger partial charge in [-0.15, -0.1) is 0 Å². The molecule has 1 aromatic heterocycles. The molecule has 1 amide bonds. The third-order valence-corrected chi connectivity index (χ3v) is 4.14. The average molecular weight is 308 g/mol. The Bertz CT molecular complexity index is 523. The van der Waals surface area contributed by atoms with Crippen molar-refractivity contribution in [2.45, 2.75) is 44.7 Å². The van der Waals surface area contributed by atoms with Gasteiger partial charge in [-0.3, -0.25) is 19.2 Å². The Hall–Kier alpha value is -1.89. The van der Waals surface area contributed by atoms with Crippen molar-refractivity contribution in [2.24, 2.45) is 7.05 Å². The molecule has 7 nitrogen and oxygen atoms in total. The number of carboxylic acid groups (broad SMARTS) is 1. The van der Waals surface area contributed by atoms with Gasteiger partial charge in [0, 0.05) is 31.7 Å². The molecule has 7 heteroatoms. The summed E-state index contributed by atoms with van der Waals surface area (Å²) in [4.78, 5) is 24.6. The molecule has 1 fully saturated rings. The zero-order chi connectivity index (χ0) is 16.1.